The molecule has 0 unspecified atom stereocenters. The van der Waals surface area contributed by atoms with Gasteiger partial charge in [-0.3, -0.25) is 0 Å². The molecule has 0 radical (unpaired) electrons. The summed E-state index contributed by atoms with van der Waals surface area (Å²) in [5, 5.41) is 3.71. The Hall–Kier alpha value is -4.45. The van der Waals surface area contributed by atoms with Crippen molar-refractivity contribution < 1.29 is 13.2 Å². The summed E-state index contributed by atoms with van der Waals surface area (Å²) in [4.78, 5) is 0.226. The fourth-order valence-corrected chi connectivity index (χ4v) is 7.00. The van der Waals surface area contributed by atoms with E-state index in [9.17, 15) is 8.42 Å². The van der Waals surface area contributed by atoms with E-state index >= 15 is 0 Å². The third-order valence-electron chi connectivity index (χ3n) is 7.33. The van der Waals surface area contributed by atoms with Gasteiger partial charge in [0.2, 0.25) is 10.0 Å². The van der Waals surface area contributed by atoms with E-state index in [1.54, 1.807) is 13.2 Å². The highest BCUT2D eigenvalue weighted by molar-refractivity contribution is 7.89. The average Bonchev–Trinajstić information content (AvgIpc) is 2.99. The molecule has 0 aliphatic carbocycles. The second kappa shape index (κ2) is 10.8. The molecule has 204 valence electrons. The highest BCUT2D eigenvalue weighted by Gasteiger charge is 2.26. The molecule has 0 fully saturated rings. The summed E-state index contributed by atoms with van der Waals surface area (Å²) >= 11 is 0. The molecule has 0 atom stereocenters. The minimum absolute atomic E-state index is 0.226. The SMILES string of the molecule is COc1ccc2cc(-c3ccccc3)ccc2c1-c1c(S(=O)(=O)NC(C)C)ccc2cc(-c3ccccc3)ccc12. The van der Waals surface area contributed by atoms with E-state index in [0.717, 1.165) is 49.4 Å². The number of rotatable bonds is 7. The first-order valence-corrected chi connectivity index (χ1v) is 15.1. The van der Waals surface area contributed by atoms with E-state index in [1.165, 1.54) is 0 Å². The molecule has 6 aromatic rings. The van der Waals surface area contributed by atoms with Crippen LogP contribution in [0.25, 0.3) is 54.9 Å². The fraction of sp³-hybridized carbons (Fsp3) is 0.111. The molecule has 4 nitrogen and oxygen atoms in total. The number of nitrogens with one attached hydrogen (secondary N) is 1. The Kier molecular flexibility index (Phi) is 7.08. The molecular formula is C36H31NO3S. The summed E-state index contributed by atoms with van der Waals surface area (Å²) < 4.78 is 36.3. The van der Waals surface area contributed by atoms with Gasteiger partial charge in [0.25, 0.3) is 0 Å². The third kappa shape index (κ3) is 5.10. The van der Waals surface area contributed by atoms with Crippen molar-refractivity contribution >= 4 is 31.6 Å². The number of benzene rings is 6. The quantitative estimate of drug-likeness (QED) is 0.214. The molecule has 0 aliphatic rings. The van der Waals surface area contributed by atoms with Gasteiger partial charge in [0, 0.05) is 17.2 Å². The molecule has 1 N–H and O–H groups in total. The van der Waals surface area contributed by atoms with Gasteiger partial charge in [0.15, 0.2) is 0 Å². The van der Waals surface area contributed by atoms with Gasteiger partial charge in [0.1, 0.15) is 5.75 Å². The third-order valence-corrected chi connectivity index (χ3v) is 9.03. The van der Waals surface area contributed by atoms with Crippen molar-refractivity contribution in [1.29, 1.82) is 0 Å². The predicted molar refractivity (Wildman–Crippen MR) is 170 cm³/mol. The Bertz CT molecular complexity index is 1980. The Morgan fingerprint density at radius 1 is 0.585 bits per heavy atom. The number of sulfonamides is 1. The van der Waals surface area contributed by atoms with Crippen molar-refractivity contribution in [2.24, 2.45) is 0 Å². The standard InChI is InChI=1S/C36H31NO3S/c1-24(2)37-41(38,39)34-21-17-30-23-28(26-12-8-5-9-13-26)15-19-32(30)36(34)35-31-18-14-27(25-10-6-4-7-11-25)22-29(31)16-20-33(35)40-3/h4-24,37H,1-3H3. The van der Waals surface area contributed by atoms with Gasteiger partial charge in [0.05, 0.1) is 12.0 Å². The second-order valence-corrected chi connectivity index (χ2v) is 12.1. The number of hydrogen-bond acceptors (Lipinski definition) is 3. The lowest BCUT2D eigenvalue weighted by atomic mass is 9.90. The van der Waals surface area contributed by atoms with Crippen LogP contribution in [0.5, 0.6) is 5.75 Å². The summed E-state index contributed by atoms with van der Waals surface area (Å²) in [5.74, 6) is 0.616. The first-order chi connectivity index (χ1) is 19.9. The van der Waals surface area contributed by atoms with Gasteiger partial charge in [-0.1, -0.05) is 97.1 Å². The zero-order chi connectivity index (χ0) is 28.6. The van der Waals surface area contributed by atoms with Gasteiger partial charge < -0.3 is 4.74 Å². The molecule has 0 aliphatic heterocycles. The Balaban J connectivity index is 1.67. The summed E-state index contributed by atoms with van der Waals surface area (Å²) in [6, 6.07) is 40.2. The van der Waals surface area contributed by atoms with Crippen LogP contribution in [0.1, 0.15) is 13.8 Å². The highest BCUT2D eigenvalue weighted by atomic mass is 32.2. The lowest BCUT2D eigenvalue weighted by Gasteiger charge is -2.20. The van der Waals surface area contributed by atoms with Crippen LogP contribution in [0.2, 0.25) is 0 Å². The van der Waals surface area contributed by atoms with E-state index in [4.69, 9.17) is 4.74 Å². The van der Waals surface area contributed by atoms with E-state index in [1.807, 2.05) is 74.5 Å². The van der Waals surface area contributed by atoms with Crippen molar-refractivity contribution in [2.75, 3.05) is 7.11 Å². The summed E-state index contributed by atoms with van der Waals surface area (Å²) in [6.45, 7) is 3.65. The molecule has 41 heavy (non-hydrogen) atoms. The first-order valence-electron chi connectivity index (χ1n) is 13.7. The van der Waals surface area contributed by atoms with E-state index < -0.39 is 10.0 Å². The van der Waals surface area contributed by atoms with Crippen LogP contribution in [0.15, 0.2) is 126 Å². The Morgan fingerprint density at radius 3 is 1.61 bits per heavy atom. The maximum atomic E-state index is 13.8. The number of ether oxygens (including phenoxy) is 1. The number of hydrogen-bond donors (Lipinski definition) is 1. The molecule has 0 amide bonds. The predicted octanol–water partition coefficient (Wildman–Crippen LogP) is 8.69. The minimum atomic E-state index is -3.84. The largest absolute Gasteiger partial charge is 0.496 e. The van der Waals surface area contributed by atoms with Crippen molar-refractivity contribution in [1.82, 2.24) is 4.72 Å². The second-order valence-electron chi connectivity index (χ2n) is 10.5. The normalized spacial score (nSPS) is 11.8. The smallest absolute Gasteiger partial charge is 0.241 e. The van der Waals surface area contributed by atoms with Crippen LogP contribution in [0.3, 0.4) is 0 Å². The molecule has 0 saturated carbocycles. The van der Waals surface area contributed by atoms with Crippen LogP contribution in [-0.4, -0.2) is 21.6 Å². The molecule has 0 spiro atoms. The monoisotopic (exact) mass is 557 g/mol. The Labute approximate surface area is 241 Å². The van der Waals surface area contributed by atoms with Crippen LogP contribution >= 0.6 is 0 Å². The van der Waals surface area contributed by atoms with Crippen molar-refractivity contribution in [3.05, 3.63) is 121 Å². The van der Waals surface area contributed by atoms with Gasteiger partial charge in [-0.05, 0) is 81.9 Å². The molecule has 0 aromatic heterocycles. The van der Waals surface area contributed by atoms with Gasteiger partial charge in [-0.2, -0.15) is 0 Å². The maximum absolute atomic E-state index is 13.8. The highest BCUT2D eigenvalue weighted by Crippen LogP contribution is 2.45. The lowest BCUT2D eigenvalue weighted by molar-refractivity contribution is 0.417. The Morgan fingerprint density at radius 2 is 1.10 bits per heavy atom. The van der Waals surface area contributed by atoms with Crippen LogP contribution in [0.4, 0.5) is 0 Å². The van der Waals surface area contributed by atoms with Crippen LogP contribution < -0.4 is 9.46 Å². The summed E-state index contributed by atoms with van der Waals surface area (Å²) in [7, 11) is -2.22. The van der Waals surface area contributed by atoms with E-state index in [2.05, 4.69) is 59.3 Å². The first kappa shape index (κ1) is 26.8. The maximum Gasteiger partial charge on any atom is 0.241 e. The zero-order valence-corrected chi connectivity index (χ0v) is 24.1. The topological polar surface area (TPSA) is 55.4 Å². The molecule has 0 heterocycles. The number of fused-ring (bicyclic) bond motifs is 2. The zero-order valence-electron chi connectivity index (χ0n) is 23.3. The molecule has 6 aromatic carbocycles. The van der Waals surface area contributed by atoms with Crippen molar-refractivity contribution in [3.8, 4) is 39.1 Å². The van der Waals surface area contributed by atoms with E-state index in [-0.39, 0.29) is 10.9 Å². The molecule has 0 saturated heterocycles. The molecule has 6 rings (SSSR count). The fourth-order valence-electron chi connectivity index (χ4n) is 5.52. The lowest BCUT2D eigenvalue weighted by Crippen LogP contribution is -2.30. The minimum Gasteiger partial charge on any atom is -0.496 e. The summed E-state index contributed by atoms with van der Waals surface area (Å²) in [6.07, 6.45) is 0. The molecule has 0 bridgehead atoms. The number of methoxy groups -OCH3 is 1. The van der Waals surface area contributed by atoms with Gasteiger partial charge >= 0.3 is 0 Å². The van der Waals surface area contributed by atoms with Crippen molar-refractivity contribution in [2.45, 2.75) is 24.8 Å². The van der Waals surface area contributed by atoms with Crippen LogP contribution in [-0.2, 0) is 10.0 Å². The molecule has 5 heteroatoms. The molecular weight excluding hydrogens is 526 g/mol. The summed E-state index contributed by atoms with van der Waals surface area (Å²) in [5.41, 5.74) is 5.77. The van der Waals surface area contributed by atoms with Gasteiger partial charge in [-0.15, -0.1) is 0 Å². The van der Waals surface area contributed by atoms with E-state index in [0.29, 0.717) is 11.3 Å². The average molecular weight is 558 g/mol. The van der Waals surface area contributed by atoms with Crippen molar-refractivity contribution in [3.63, 3.8) is 0 Å². The van der Waals surface area contributed by atoms with Gasteiger partial charge in [-0.25, -0.2) is 13.1 Å². The van der Waals surface area contributed by atoms with Crippen LogP contribution in [0, 0.1) is 0 Å².